The van der Waals surface area contributed by atoms with Crippen molar-refractivity contribution in [1.29, 1.82) is 0 Å². The highest BCUT2D eigenvalue weighted by molar-refractivity contribution is 5.12. The first-order valence-electron chi connectivity index (χ1n) is 12.5. The summed E-state index contributed by atoms with van der Waals surface area (Å²) in [6.07, 6.45) is 26.2. The van der Waals surface area contributed by atoms with Gasteiger partial charge in [0.1, 0.15) is 0 Å². The molecule has 8 atom stereocenters. The molecule has 0 aliphatic heterocycles. The van der Waals surface area contributed by atoms with Crippen LogP contribution >= 0.6 is 0 Å². The van der Waals surface area contributed by atoms with E-state index in [1.807, 2.05) is 0 Å². The van der Waals surface area contributed by atoms with E-state index in [1.165, 1.54) is 64.2 Å². The molecule has 6 unspecified atom stereocenters. The SMILES string of the molecule is CCCCCCCCCCC1CC2CC1C(C1C[C@@H]3CCC=C[C@H]13)C2C. The monoisotopic (exact) mass is 356 g/mol. The van der Waals surface area contributed by atoms with Gasteiger partial charge in [0, 0.05) is 0 Å². The second-order valence-electron chi connectivity index (χ2n) is 10.6. The molecule has 0 radical (unpaired) electrons. The number of allylic oxidation sites excluding steroid dienone is 2. The standard InChI is InChI=1S/C26H44/c1-3-4-5-6-7-8-9-10-13-20-16-22-18-24(20)26(19(22)2)25-17-21-14-11-12-15-23(21)25/h12,15,19-26H,3-11,13-14,16-18H2,1-2H3/t19?,20?,21-,22?,23-,24?,25?,26?/m0/s1. The zero-order chi connectivity index (χ0) is 17.9. The van der Waals surface area contributed by atoms with E-state index in [0.717, 1.165) is 47.3 Å². The Labute approximate surface area is 163 Å². The Bertz CT molecular complexity index is 463. The fraction of sp³-hybridized carbons (Fsp3) is 0.923. The van der Waals surface area contributed by atoms with E-state index in [4.69, 9.17) is 0 Å². The molecule has 0 spiro atoms. The van der Waals surface area contributed by atoms with Gasteiger partial charge >= 0.3 is 0 Å². The van der Waals surface area contributed by atoms with E-state index in [0.29, 0.717) is 0 Å². The Morgan fingerprint density at radius 3 is 2.27 bits per heavy atom. The lowest BCUT2D eigenvalue weighted by molar-refractivity contribution is -0.0150. The van der Waals surface area contributed by atoms with Gasteiger partial charge in [-0.05, 0) is 79.4 Å². The van der Waals surface area contributed by atoms with Crippen LogP contribution < -0.4 is 0 Å². The van der Waals surface area contributed by atoms with Crippen LogP contribution in [0.3, 0.4) is 0 Å². The normalized spacial score (nSPS) is 43.5. The lowest BCUT2D eigenvalue weighted by atomic mass is 9.52. The van der Waals surface area contributed by atoms with Gasteiger partial charge in [0.25, 0.3) is 0 Å². The number of hydrogen-bond donors (Lipinski definition) is 0. The summed E-state index contributed by atoms with van der Waals surface area (Å²) in [7, 11) is 0. The Morgan fingerprint density at radius 1 is 0.808 bits per heavy atom. The van der Waals surface area contributed by atoms with Crippen LogP contribution in [0.15, 0.2) is 12.2 Å². The fourth-order valence-electron chi connectivity index (χ4n) is 7.79. The molecule has 0 saturated heterocycles. The topological polar surface area (TPSA) is 0 Å². The molecular weight excluding hydrogens is 312 g/mol. The van der Waals surface area contributed by atoms with Gasteiger partial charge < -0.3 is 0 Å². The summed E-state index contributed by atoms with van der Waals surface area (Å²) in [5.41, 5.74) is 0. The number of unbranched alkanes of at least 4 members (excludes halogenated alkanes) is 7. The molecule has 0 heteroatoms. The molecule has 0 amide bonds. The average molecular weight is 357 g/mol. The first kappa shape index (κ1) is 19.1. The van der Waals surface area contributed by atoms with Gasteiger partial charge in [-0.2, -0.15) is 0 Å². The highest BCUT2D eigenvalue weighted by atomic mass is 14.6. The summed E-state index contributed by atoms with van der Waals surface area (Å²) >= 11 is 0. The molecule has 148 valence electrons. The number of fused-ring (bicyclic) bond motifs is 3. The second kappa shape index (κ2) is 8.83. The first-order valence-corrected chi connectivity index (χ1v) is 12.5. The molecule has 26 heavy (non-hydrogen) atoms. The molecule has 0 heterocycles. The highest BCUT2D eigenvalue weighted by Crippen LogP contribution is 2.64. The zero-order valence-electron chi connectivity index (χ0n) is 17.7. The van der Waals surface area contributed by atoms with Gasteiger partial charge in [0.2, 0.25) is 0 Å². The van der Waals surface area contributed by atoms with Crippen LogP contribution in [0.2, 0.25) is 0 Å². The van der Waals surface area contributed by atoms with Crippen molar-refractivity contribution in [2.45, 2.75) is 104 Å². The third-order valence-electron chi connectivity index (χ3n) is 9.23. The molecule has 4 aliphatic carbocycles. The molecule has 4 aliphatic rings. The van der Waals surface area contributed by atoms with Crippen molar-refractivity contribution in [2.75, 3.05) is 0 Å². The van der Waals surface area contributed by atoms with E-state index in [2.05, 4.69) is 26.0 Å². The maximum Gasteiger partial charge on any atom is -0.0174 e. The van der Waals surface area contributed by atoms with Crippen molar-refractivity contribution in [3.05, 3.63) is 12.2 Å². The quantitative estimate of drug-likeness (QED) is 0.274. The number of rotatable bonds is 10. The minimum atomic E-state index is 0.985. The molecule has 0 nitrogen and oxygen atoms in total. The van der Waals surface area contributed by atoms with Crippen molar-refractivity contribution >= 4 is 0 Å². The summed E-state index contributed by atoms with van der Waals surface area (Å²) in [5, 5.41) is 0. The summed E-state index contributed by atoms with van der Waals surface area (Å²) < 4.78 is 0. The Morgan fingerprint density at radius 2 is 1.54 bits per heavy atom. The number of hydrogen-bond acceptors (Lipinski definition) is 0. The van der Waals surface area contributed by atoms with Crippen molar-refractivity contribution in [3.8, 4) is 0 Å². The smallest absolute Gasteiger partial charge is 0.0174 e. The molecule has 3 saturated carbocycles. The summed E-state index contributed by atoms with van der Waals surface area (Å²) in [6, 6.07) is 0. The van der Waals surface area contributed by atoms with Gasteiger partial charge in [-0.15, -0.1) is 0 Å². The van der Waals surface area contributed by atoms with Crippen molar-refractivity contribution in [2.24, 2.45) is 47.3 Å². The molecule has 0 aromatic heterocycles. The Hall–Kier alpha value is -0.260. The third-order valence-corrected chi connectivity index (χ3v) is 9.23. The van der Waals surface area contributed by atoms with Crippen LogP contribution in [0, 0.1) is 47.3 Å². The van der Waals surface area contributed by atoms with Gasteiger partial charge in [0.05, 0.1) is 0 Å². The van der Waals surface area contributed by atoms with Crippen molar-refractivity contribution in [1.82, 2.24) is 0 Å². The highest BCUT2D eigenvalue weighted by Gasteiger charge is 2.56. The molecule has 0 N–H and O–H groups in total. The van der Waals surface area contributed by atoms with Gasteiger partial charge in [-0.25, -0.2) is 0 Å². The van der Waals surface area contributed by atoms with Gasteiger partial charge in [0.15, 0.2) is 0 Å². The molecule has 0 aromatic carbocycles. The van der Waals surface area contributed by atoms with Crippen molar-refractivity contribution in [3.63, 3.8) is 0 Å². The lowest BCUT2D eigenvalue weighted by Crippen LogP contribution is -2.46. The fourth-order valence-corrected chi connectivity index (χ4v) is 7.79. The maximum atomic E-state index is 2.63. The molecule has 4 rings (SSSR count). The van der Waals surface area contributed by atoms with Crippen LogP contribution in [0.5, 0.6) is 0 Å². The van der Waals surface area contributed by atoms with E-state index in [-0.39, 0.29) is 0 Å². The summed E-state index contributed by atoms with van der Waals surface area (Å²) in [6.45, 7) is 4.94. The second-order valence-corrected chi connectivity index (χ2v) is 10.6. The van der Waals surface area contributed by atoms with E-state index in [9.17, 15) is 0 Å². The minimum absolute atomic E-state index is 0.985. The van der Waals surface area contributed by atoms with Crippen LogP contribution in [0.4, 0.5) is 0 Å². The minimum Gasteiger partial charge on any atom is -0.0882 e. The van der Waals surface area contributed by atoms with Crippen LogP contribution in [0.1, 0.15) is 104 Å². The predicted molar refractivity (Wildman–Crippen MR) is 113 cm³/mol. The Kier molecular flexibility index (Phi) is 6.48. The van der Waals surface area contributed by atoms with E-state index in [1.54, 1.807) is 25.7 Å². The van der Waals surface area contributed by atoms with Gasteiger partial charge in [-0.1, -0.05) is 83.8 Å². The molecule has 3 fully saturated rings. The predicted octanol–water partition coefficient (Wildman–Crippen LogP) is 8.03. The lowest BCUT2D eigenvalue weighted by Gasteiger charge is -2.53. The maximum absolute atomic E-state index is 2.63. The van der Waals surface area contributed by atoms with E-state index < -0.39 is 0 Å². The van der Waals surface area contributed by atoms with Crippen LogP contribution in [-0.4, -0.2) is 0 Å². The first-order chi connectivity index (χ1) is 12.8. The summed E-state index contributed by atoms with van der Waals surface area (Å²) in [5.74, 6) is 8.57. The molecular formula is C26H44. The molecule has 0 aromatic rings. The van der Waals surface area contributed by atoms with Gasteiger partial charge in [-0.3, -0.25) is 0 Å². The van der Waals surface area contributed by atoms with Crippen LogP contribution in [-0.2, 0) is 0 Å². The van der Waals surface area contributed by atoms with Crippen LogP contribution in [0.25, 0.3) is 0 Å². The zero-order valence-corrected chi connectivity index (χ0v) is 17.7. The third kappa shape index (κ3) is 3.81. The van der Waals surface area contributed by atoms with Crippen molar-refractivity contribution < 1.29 is 0 Å². The molecule has 2 bridgehead atoms. The van der Waals surface area contributed by atoms with E-state index >= 15 is 0 Å². The Balaban J connectivity index is 1.20. The average Bonchev–Trinajstić information content (AvgIpc) is 3.17. The largest absolute Gasteiger partial charge is 0.0882 e. The summed E-state index contributed by atoms with van der Waals surface area (Å²) in [4.78, 5) is 0.